The third-order valence-corrected chi connectivity index (χ3v) is 3.13. The van der Waals surface area contributed by atoms with E-state index in [2.05, 4.69) is 0 Å². The number of hydrogen-bond acceptors (Lipinski definition) is 4. The largest absolute Gasteiger partial charge is 0.359 e. The Kier molecular flexibility index (Phi) is 4.13. The summed E-state index contributed by atoms with van der Waals surface area (Å²) in [6.07, 6.45) is 0.954. The Morgan fingerprint density at radius 3 is 2.50 bits per heavy atom. The van der Waals surface area contributed by atoms with Crippen LogP contribution >= 0.6 is 7.60 Å². The maximum Gasteiger partial charge on any atom is 0.359 e. The van der Waals surface area contributed by atoms with Crippen LogP contribution in [0.3, 0.4) is 0 Å². The van der Waals surface area contributed by atoms with Gasteiger partial charge < -0.3 is 9.79 Å². The van der Waals surface area contributed by atoms with Crippen molar-refractivity contribution in [2.45, 2.75) is 6.92 Å². The Bertz CT molecular complexity index is 573. The van der Waals surface area contributed by atoms with E-state index in [4.69, 9.17) is 9.79 Å². The van der Waals surface area contributed by atoms with Crippen molar-refractivity contribution in [2.24, 2.45) is 0 Å². The molecule has 0 saturated heterocycles. The van der Waals surface area contributed by atoms with Crippen molar-refractivity contribution in [3.63, 3.8) is 0 Å². The van der Waals surface area contributed by atoms with Crippen LogP contribution in [-0.4, -0.2) is 20.5 Å². The Morgan fingerprint density at radius 1 is 1.44 bits per heavy atom. The van der Waals surface area contributed by atoms with Crippen molar-refractivity contribution in [1.29, 1.82) is 0 Å². The molecule has 0 saturated carbocycles. The number of nitrogens with zero attached hydrogens (tertiary/aromatic N) is 1. The first-order valence-corrected chi connectivity index (χ1v) is 6.36. The molecule has 7 nitrogen and oxygen atoms in total. The molecule has 2 N–H and O–H groups in total. The van der Waals surface area contributed by atoms with Crippen molar-refractivity contribution >= 4 is 25.1 Å². The first kappa shape index (κ1) is 14.2. The topological polar surface area (TPSA) is 118 Å². The predicted molar refractivity (Wildman–Crippen MR) is 63.8 cm³/mol. The van der Waals surface area contributed by atoms with Crippen LogP contribution in [0.4, 0.5) is 5.69 Å². The third-order valence-electron chi connectivity index (χ3n) is 2.06. The molecule has 0 aromatic heterocycles. The quantitative estimate of drug-likeness (QED) is 0.372. The summed E-state index contributed by atoms with van der Waals surface area (Å²) in [7, 11) is -4.69. The van der Waals surface area contributed by atoms with E-state index >= 15 is 0 Å². The Labute approximate surface area is 102 Å². The second-order valence-corrected chi connectivity index (χ2v) is 5.05. The number of allylic oxidation sites excluding steroid dienone is 1. The van der Waals surface area contributed by atoms with Crippen LogP contribution in [-0.2, 0) is 9.36 Å². The first-order chi connectivity index (χ1) is 8.21. The van der Waals surface area contributed by atoms with E-state index in [1.165, 1.54) is 18.2 Å². The minimum Gasteiger partial charge on any atom is -0.321 e. The lowest BCUT2D eigenvalue weighted by Gasteiger charge is -2.05. The van der Waals surface area contributed by atoms with E-state index in [0.29, 0.717) is 0 Å². The van der Waals surface area contributed by atoms with E-state index in [0.717, 1.165) is 19.1 Å². The molecule has 0 radical (unpaired) electrons. The van der Waals surface area contributed by atoms with E-state index in [1.54, 1.807) is 0 Å². The van der Waals surface area contributed by atoms with Crippen molar-refractivity contribution in [3.05, 3.63) is 45.3 Å². The molecule has 1 aromatic carbocycles. The highest BCUT2D eigenvalue weighted by Gasteiger charge is 2.25. The summed E-state index contributed by atoms with van der Waals surface area (Å²) in [4.78, 5) is 39.0. The monoisotopic (exact) mass is 271 g/mol. The van der Waals surface area contributed by atoms with E-state index in [1.807, 2.05) is 0 Å². The number of nitro groups is 1. The van der Waals surface area contributed by atoms with Crippen LogP contribution in [0.2, 0.25) is 0 Å². The third kappa shape index (κ3) is 3.59. The van der Waals surface area contributed by atoms with Crippen LogP contribution in [0.15, 0.2) is 29.6 Å². The van der Waals surface area contributed by atoms with Crippen LogP contribution in [0.1, 0.15) is 12.5 Å². The van der Waals surface area contributed by atoms with Gasteiger partial charge in [-0.25, -0.2) is 0 Å². The first-order valence-electron chi connectivity index (χ1n) is 4.75. The molecule has 0 unspecified atom stereocenters. The molecule has 0 aliphatic rings. The normalized spacial score (nSPS) is 12.3. The highest BCUT2D eigenvalue weighted by molar-refractivity contribution is 7.58. The fourth-order valence-corrected chi connectivity index (χ4v) is 2.00. The van der Waals surface area contributed by atoms with Gasteiger partial charge in [-0.05, 0) is 18.6 Å². The number of carbonyl (C=O) groups is 1. The van der Waals surface area contributed by atoms with Crippen LogP contribution in [0.5, 0.6) is 0 Å². The summed E-state index contributed by atoms with van der Waals surface area (Å²) >= 11 is 0. The number of nitro benzene ring substituents is 1. The molecule has 0 amide bonds. The molecule has 0 fully saturated rings. The molecule has 0 atom stereocenters. The molecule has 0 aliphatic carbocycles. The molecule has 96 valence electrons. The van der Waals surface area contributed by atoms with Gasteiger partial charge in [0.2, 0.25) is 0 Å². The number of carbonyl (C=O) groups excluding carboxylic acids is 1. The summed E-state index contributed by atoms with van der Waals surface area (Å²) < 4.78 is 11.1. The number of non-ortho nitro benzene ring substituents is 1. The molecular formula is C10H10NO6P. The Morgan fingerprint density at radius 2 is 2.06 bits per heavy atom. The summed E-state index contributed by atoms with van der Waals surface area (Å²) in [5, 5.41) is 9.86. The second kappa shape index (κ2) is 5.22. The average molecular weight is 271 g/mol. The van der Waals surface area contributed by atoms with Crippen LogP contribution < -0.4 is 0 Å². The van der Waals surface area contributed by atoms with Gasteiger partial charge in [0.15, 0.2) is 5.78 Å². The van der Waals surface area contributed by atoms with Crippen molar-refractivity contribution in [3.8, 4) is 0 Å². The van der Waals surface area contributed by atoms with Gasteiger partial charge in [-0.2, -0.15) is 0 Å². The minimum absolute atomic E-state index is 0.178. The molecule has 1 rings (SSSR count). The lowest BCUT2D eigenvalue weighted by atomic mass is 10.2. The highest BCUT2D eigenvalue weighted by atomic mass is 31.2. The number of Topliss-reactive ketones (excluding diaryl/α,β-unsaturated/α-hetero) is 1. The van der Waals surface area contributed by atoms with Crippen LogP contribution in [0, 0.1) is 10.1 Å². The van der Waals surface area contributed by atoms with Gasteiger partial charge in [0.25, 0.3) is 5.69 Å². The summed E-state index contributed by atoms with van der Waals surface area (Å²) in [6, 6.07) is 5.13. The molecule has 0 heterocycles. The lowest BCUT2D eigenvalue weighted by Crippen LogP contribution is -1.97. The maximum absolute atomic E-state index is 11.1. The molecule has 18 heavy (non-hydrogen) atoms. The summed E-state index contributed by atoms with van der Waals surface area (Å²) in [5.41, 5.74) is -0.0462. The minimum atomic E-state index is -4.69. The SMILES string of the molecule is CC(=O)C(=Cc1cccc([N+](=O)[O-])c1)P(=O)(O)O. The van der Waals surface area contributed by atoms with Gasteiger partial charge >= 0.3 is 7.60 Å². The predicted octanol–water partition coefficient (Wildman–Crippen LogP) is 1.70. The molecule has 1 aromatic rings. The van der Waals surface area contributed by atoms with E-state index in [-0.39, 0.29) is 11.3 Å². The standard InChI is InChI=1S/C10H10NO6P/c1-7(12)10(18(15,16)17)6-8-3-2-4-9(5-8)11(13)14/h2-6H,1H3,(H2,15,16,17). The van der Waals surface area contributed by atoms with E-state index < -0.39 is 23.6 Å². The Hall–Kier alpha value is -1.82. The van der Waals surface area contributed by atoms with Crippen LogP contribution in [0.25, 0.3) is 6.08 Å². The number of benzene rings is 1. The summed E-state index contributed by atoms with van der Waals surface area (Å²) in [6.45, 7) is 1.02. The second-order valence-electron chi connectivity index (χ2n) is 3.48. The van der Waals surface area contributed by atoms with Gasteiger partial charge in [0, 0.05) is 12.1 Å². The van der Waals surface area contributed by atoms with Crippen molar-refractivity contribution < 1.29 is 24.1 Å². The molecule has 0 aliphatic heterocycles. The van der Waals surface area contributed by atoms with Gasteiger partial charge in [0.1, 0.15) is 5.31 Å². The zero-order valence-electron chi connectivity index (χ0n) is 9.31. The average Bonchev–Trinajstić information content (AvgIpc) is 2.24. The lowest BCUT2D eigenvalue weighted by molar-refractivity contribution is -0.384. The fourth-order valence-electron chi connectivity index (χ4n) is 1.28. The number of rotatable bonds is 4. The van der Waals surface area contributed by atoms with Gasteiger partial charge in [-0.3, -0.25) is 19.5 Å². The highest BCUT2D eigenvalue weighted by Crippen LogP contribution is 2.46. The smallest absolute Gasteiger partial charge is 0.321 e. The summed E-state index contributed by atoms with van der Waals surface area (Å²) in [5.74, 6) is -0.783. The molecule has 0 spiro atoms. The van der Waals surface area contributed by atoms with Crippen molar-refractivity contribution in [2.75, 3.05) is 0 Å². The molecule has 8 heteroatoms. The van der Waals surface area contributed by atoms with Gasteiger partial charge in [0.05, 0.1) is 4.92 Å². The zero-order chi connectivity index (χ0) is 13.9. The number of ketones is 1. The Balaban J connectivity index is 3.29. The maximum atomic E-state index is 11.1. The van der Waals surface area contributed by atoms with Gasteiger partial charge in [-0.15, -0.1) is 0 Å². The van der Waals surface area contributed by atoms with Gasteiger partial charge in [-0.1, -0.05) is 12.1 Å². The molecule has 0 bridgehead atoms. The number of hydrogen-bond donors (Lipinski definition) is 2. The van der Waals surface area contributed by atoms with E-state index in [9.17, 15) is 19.5 Å². The zero-order valence-corrected chi connectivity index (χ0v) is 10.2. The fraction of sp³-hybridized carbons (Fsp3) is 0.100. The van der Waals surface area contributed by atoms with Crippen molar-refractivity contribution in [1.82, 2.24) is 0 Å². The molecular weight excluding hydrogens is 261 g/mol.